The number of nitrogens with zero attached hydrogens (tertiary/aromatic N) is 1. The van der Waals surface area contributed by atoms with Gasteiger partial charge >= 0.3 is 0 Å². The molecule has 0 fully saturated rings. The molecule has 0 saturated heterocycles. The lowest BCUT2D eigenvalue weighted by molar-refractivity contribution is -0.122. The van der Waals surface area contributed by atoms with Gasteiger partial charge in [0.15, 0.2) is 0 Å². The van der Waals surface area contributed by atoms with Gasteiger partial charge in [0, 0.05) is 18.6 Å². The SMILES string of the molecule is CNC(=O)C(C#N)Cc1c[nH]c2c(OC)cccc12. The smallest absolute Gasteiger partial charge is 0.237 e. The number of nitrogens with one attached hydrogen (secondary N) is 2. The average Bonchev–Trinajstić information content (AvgIpc) is 2.86. The summed E-state index contributed by atoms with van der Waals surface area (Å²) in [5.74, 6) is -0.202. The van der Waals surface area contributed by atoms with Crippen LogP contribution in [0.15, 0.2) is 24.4 Å². The normalized spacial score (nSPS) is 11.8. The van der Waals surface area contributed by atoms with Crippen molar-refractivity contribution in [3.05, 3.63) is 30.0 Å². The van der Waals surface area contributed by atoms with E-state index in [0.717, 1.165) is 22.2 Å². The van der Waals surface area contributed by atoms with Gasteiger partial charge in [-0.3, -0.25) is 4.79 Å². The number of H-pyrrole nitrogens is 1. The average molecular weight is 257 g/mol. The fraction of sp³-hybridized carbons (Fsp3) is 0.286. The molecule has 1 atom stereocenters. The van der Waals surface area contributed by atoms with Crippen LogP contribution in [0.5, 0.6) is 5.75 Å². The molecular formula is C14H15N3O2. The van der Waals surface area contributed by atoms with Gasteiger partial charge in [-0.05, 0) is 18.1 Å². The van der Waals surface area contributed by atoms with E-state index in [4.69, 9.17) is 10.00 Å². The first-order valence-corrected chi connectivity index (χ1v) is 5.95. The van der Waals surface area contributed by atoms with Crippen LogP contribution in [0.1, 0.15) is 5.56 Å². The highest BCUT2D eigenvalue weighted by Crippen LogP contribution is 2.28. The maximum Gasteiger partial charge on any atom is 0.237 e. The number of carbonyl (C=O) groups excluding carboxylic acids is 1. The minimum atomic E-state index is -0.685. The number of amides is 1. The zero-order valence-electron chi connectivity index (χ0n) is 10.9. The molecule has 0 radical (unpaired) electrons. The van der Waals surface area contributed by atoms with Crippen molar-refractivity contribution < 1.29 is 9.53 Å². The van der Waals surface area contributed by atoms with Crippen molar-refractivity contribution in [2.24, 2.45) is 5.92 Å². The zero-order chi connectivity index (χ0) is 13.8. The number of carbonyl (C=O) groups is 1. The van der Waals surface area contributed by atoms with Crippen LogP contribution < -0.4 is 10.1 Å². The lowest BCUT2D eigenvalue weighted by Crippen LogP contribution is -2.27. The molecule has 5 nitrogen and oxygen atoms in total. The molecule has 0 aliphatic carbocycles. The number of nitriles is 1. The highest BCUT2D eigenvalue weighted by molar-refractivity contribution is 5.89. The van der Waals surface area contributed by atoms with E-state index in [9.17, 15) is 4.79 Å². The summed E-state index contributed by atoms with van der Waals surface area (Å²) < 4.78 is 5.27. The summed E-state index contributed by atoms with van der Waals surface area (Å²) in [6.07, 6.45) is 2.20. The number of benzene rings is 1. The third-order valence-corrected chi connectivity index (χ3v) is 3.13. The summed E-state index contributed by atoms with van der Waals surface area (Å²) in [6, 6.07) is 7.73. The summed E-state index contributed by atoms with van der Waals surface area (Å²) in [5.41, 5.74) is 1.82. The second kappa shape index (κ2) is 5.44. The van der Waals surface area contributed by atoms with Gasteiger partial charge < -0.3 is 15.0 Å². The summed E-state index contributed by atoms with van der Waals surface area (Å²) in [7, 11) is 3.14. The second-order valence-electron chi connectivity index (χ2n) is 4.20. The summed E-state index contributed by atoms with van der Waals surface area (Å²) in [5, 5.41) is 12.5. The first-order valence-electron chi connectivity index (χ1n) is 5.95. The summed E-state index contributed by atoms with van der Waals surface area (Å²) in [6.45, 7) is 0. The second-order valence-corrected chi connectivity index (χ2v) is 4.20. The van der Waals surface area contributed by atoms with Crippen LogP contribution >= 0.6 is 0 Å². The van der Waals surface area contributed by atoms with Gasteiger partial charge in [-0.15, -0.1) is 0 Å². The quantitative estimate of drug-likeness (QED) is 0.873. The standard InChI is InChI=1S/C14H15N3O2/c1-16-14(18)9(7-15)6-10-8-17-13-11(10)4-3-5-12(13)19-2/h3-5,8-9,17H,6H2,1-2H3,(H,16,18). The number of rotatable bonds is 4. The van der Waals surface area contributed by atoms with E-state index in [1.54, 1.807) is 7.11 Å². The Balaban J connectivity index is 2.37. The van der Waals surface area contributed by atoms with Crippen LogP contribution in [0.3, 0.4) is 0 Å². The molecule has 0 bridgehead atoms. The predicted octanol–water partition coefficient (Wildman–Crippen LogP) is 1.60. The van der Waals surface area contributed by atoms with Crippen molar-refractivity contribution in [3.63, 3.8) is 0 Å². The van der Waals surface area contributed by atoms with E-state index >= 15 is 0 Å². The number of aromatic nitrogens is 1. The molecule has 0 aliphatic rings. The van der Waals surface area contributed by atoms with E-state index < -0.39 is 5.92 Å². The number of para-hydroxylation sites is 1. The van der Waals surface area contributed by atoms with Gasteiger partial charge in [-0.25, -0.2) is 0 Å². The number of fused-ring (bicyclic) bond motifs is 1. The zero-order valence-corrected chi connectivity index (χ0v) is 10.9. The number of hydrogen-bond acceptors (Lipinski definition) is 3. The molecule has 2 aromatic rings. The van der Waals surface area contributed by atoms with Crippen LogP contribution in [0, 0.1) is 17.2 Å². The van der Waals surface area contributed by atoms with Gasteiger partial charge in [0.1, 0.15) is 11.7 Å². The maximum absolute atomic E-state index is 11.6. The Hall–Kier alpha value is -2.48. The summed E-state index contributed by atoms with van der Waals surface area (Å²) >= 11 is 0. The minimum Gasteiger partial charge on any atom is -0.495 e. The molecule has 1 aromatic heterocycles. The van der Waals surface area contributed by atoms with Crippen molar-refractivity contribution in [3.8, 4) is 11.8 Å². The van der Waals surface area contributed by atoms with Crippen LogP contribution in [-0.2, 0) is 11.2 Å². The van der Waals surface area contributed by atoms with Gasteiger partial charge in [0.25, 0.3) is 0 Å². The molecule has 98 valence electrons. The van der Waals surface area contributed by atoms with E-state index in [1.807, 2.05) is 30.5 Å². The highest BCUT2D eigenvalue weighted by atomic mass is 16.5. The Kier molecular flexibility index (Phi) is 3.71. The first-order chi connectivity index (χ1) is 9.21. The third kappa shape index (κ3) is 2.38. The lowest BCUT2D eigenvalue weighted by atomic mass is 9.99. The Bertz CT molecular complexity index is 640. The molecule has 0 spiro atoms. The molecule has 2 rings (SSSR count). The van der Waals surface area contributed by atoms with Crippen LogP contribution in [0.2, 0.25) is 0 Å². The van der Waals surface area contributed by atoms with Crippen LogP contribution in [-0.4, -0.2) is 25.0 Å². The van der Waals surface area contributed by atoms with E-state index in [2.05, 4.69) is 10.3 Å². The van der Waals surface area contributed by atoms with Crippen molar-refractivity contribution in [2.75, 3.05) is 14.2 Å². The fourth-order valence-electron chi connectivity index (χ4n) is 2.11. The highest BCUT2D eigenvalue weighted by Gasteiger charge is 2.19. The van der Waals surface area contributed by atoms with Gasteiger partial charge in [-0.2, -0.15) is 5.26 Å². The largest absolute Gasteiger partial charge is 0.495 e. The van der Waals surface area contributed by atoms with Crippen molar-refractivity contribution >= 4 is 16.8 Å². The van der Waals surface area contributed by atoms with Crippen molar-refractivity contribution in [1.29, 1.82) is 5.26 Å². The molecule has 19 heavy (non-hydrogen) atoms. The van der Waals surface area contributed by atoms with E-state index in [1.165, 1.54) is 7.05 Å². The molecule has 1 aromatic carbocycles. The molecule has 5 heteroatoms. The Labute approximate surface area is 111 Å². The summed E-state index contributed by atoms with van der Waals surface area (Å²) in [4.78, 5) is 14.7. The monoisotopic (exact) mass is 257 g/mol. The number of aromatic amines is 1. The predicted molar refractivity (Wildman–Crippen MR) is 71.7 cm³/mol. The number of methoxy groups -OCH3 is 1. The Morgan fingerprint density at radius 1 is 1.58 bits per heavy atom. The van der Waals surface area contributed by atoms with Gasteiger partial charge in [-0.1, -0.05) is 12.1 Å². The molecule has 2 N–H and O–H groups in total. The Morgan fingerprint density at radius 2 is 2.37 bits per heavy atom. The van der Waals surface area contributed by atoms with E-state index in [0.29, 0.717) is 6.42 Å². The first kappa shape index (κ1) is 13.0. The van der Waals surface area contributed by atoms with E-state index in [-0.39, 0.29) is 5.91 Å². The topological polar surface area (TPSA) is 77.9 Å². The molecule has 1 amide bonds. The lowest BCUT2D eigenvalue weighted by Gasteiger charge is -2.07. The Morgan fingerprint density at radius 3 is 3.00 bits per heavy atom. The van der Waals surface area contributed by atoms with Crippen LogP contribution in [0.25, 0.3) is 10.9 Å². The van der Waals surface area contributed by atoms with Gasteiger partial charge in [0.2, 0.25) is 5.91 Å². The number of hydrogen-bond donors (Lipinski definition) is 2. The van der Waals surface area contributed by atoms with Gasteiger partial charge in [0.05, 0.1) is 18.7 Å². The minimum absolute atomic E-state index is 0.264. The molecule has 0 aliphatic heterocycles. The van der Waals surface area contributed by atoms with Crippen LogP contribution in [0.4, 0.5) is 0 Å². The molecule has 1 unspecified atom stereocenters. The fourth-order valence-corrected chi connectivity index (χ4v) is 2.11. The van der Waals surface area contributed by atoms with Crippen molar-refractivity contribution in [1.82, 2.24) is 10.3 Å². The maximum atomic E-state index is 11.6. The number of ether oxygens (including phenoxy) is 1. The molecule has 0 saturated carbocycles. The van der Waals surface area contributed by atoms with Crippen molar-refractivity contribution in [2.45, 2.75) is 6.42 Å². The molecular weight excluding hydrogens is 242 g/mol. The molecule has 1 heterocycles. The third-order valence-electron chi connectivity index (χ3n) is 3.13.